The first kappa shape index (κ1) is 17.7. The van der Waals surface area contributed by atoms with Crippen molar-refractivity contribution in [2.24, 2.45) is 0 Å². The molecule has 26 heavy (non-hydrogen) atoms. The predicted molar refractivity (Wildman–Crippen MR) is 97.6 cm³/mol. The maximum Gasteiger partial charge on any atom is 0.251 e. The van der Waals surface area contributed by atoms with Crippen LogP contribution in [-0.4, -0.2) is 29.3 Å². The number of nitrogens with zero attached hydrogens (tertiary/aromatic N) is 1. The van der Waals surface area contributed by atoms with Crippen molar-refractivity contribution in [3.8, 4) is 16.9 Å². The lowest BCUT2D eigenvalue weighted by atomic mass is 10.0. The molecule has 5 nitrogen and oxygen atoms in total. The number of carbonyl (C=O) groups excluding carboxylic acids is 1. The molecule has 0 radical (unpaired) electrons. The van der Waals surface area contributed by atoms with Crippen molar-refractivity contribution in [3.63, 3.8) is 0 Å². The number of methoxy groups -OCH3 is 1. The van der Waals surface area contributed by atoms with Crippen LogP contribution in [0.15, 0.2) is 54.9 Å². The van der Waals surface area contributed by atoms with Gasteiger partial charge in [0, 0.05) is 28.9 Å². The molecule has 0 saturated heterocycles. The van der Waals surface area contributed by atoms with Crippen LogP contribution in [-0.2, 0) is 6.42 Å². The lowest BCUT2D eigenvalue weighted by Crippen LogP contribution is -2.34. The number of benzene rings is 2. The highest BCUT2D eigenvalue weighted by atomic mass is 19.1. The van der Waals surface area contributed by atoms with Gasteiger partial charge >= 0.3 is 0 Å². The fourth-order valence-electron chi connectivity index (χ4n) is 2.80. The van der Waals surface area contributed by atoms with Crippen molar-refractivity contribution in [3.05, 3.63) is 71.8 Å². The van der Waals surface area contributed by atoms with E-state index in [4.69, 9.17) is 4.74 Å². The van der Waals surface area contributed by atoms with Gasteiger partial charge < -0.3 is 10.1 Å². The van der Waals surface area contributed by atoms with Gasteiger partial charge in [-0.05, 0) is 49.2 Å². The van der Waals surface area contributed by atoms with Gasteiger partial charge in [-0.15, -0.1) is 0 Å². The summed E-state index contributed by atoms with van der Waals surface area (Å²) in [5.41, 5.74) is 3.22. The van der Waals surface area contributed by atoms with E-state index in [0.717, 1.165) is 16.7 Å². The number of aromatic nitrogens is 2. The van der Waals surface area contributed by atoms with Crippen LogP contribution < -0.4 is 10.1 Å². The molecular weight excluding hydrogens is 333 g/mol. The summed E-state index contributed by atoms with van der Waals surface area (Å²) in [4.78, 5) is 12.5. The minimum Gasteiger partial charge on any atom is -0.496 e. The lowest BCUT2D eigenvalue weighted by Gasteiger charge is -2.15. The fraction of sp³-hybridized carbons (Fsp3) is 0.200. The third kappa shape index (κ3) is 4.08. The molecule has 0 bridgehead atoms. The Labute approximate surface area is 151 Å². The average molecular weight is 353 g/mol. The zero-order valence-electron chi connectivity index (χ0n) is 14.6. The van der Waals surface area contributed by atoms with Crippen molar-refractivity contribution >= 4 is 5.91 Å². The highest BCUT2D eigenvalue weighted by Gasteiger charge is 2.14. The van der Waals surface area contributed by atoms with E-state index in [2.05, 4.69) is 15.5 Å². The summed E-state index contributed by atoms with van der Waals surface area (Å²) < 4.78 is 18.4. The Morgan fingerprint density at radius 2 is 2.04 bits per heavy atom. The standard InChI is InChI=1S/C20H20FN3O2/c1-13(9-14-3-6-17(21)7-4-14)24-20(25)15-5-8-18(19(10-15)26-2)16-11-22-23-12-16/h3-8,10-13H,9H2,1-2H3,(H,22,23)(H,24,25). The molecule has 3 aromatic rings. The highest BCUT2D eigenvalue weighted by Crippen LogP contribution is 2.30. The molecule has 2 aromatic carbocycles. The normalized spacial score (nSPS) is 11.8. The maximum absolute atomic E-state index is 13.0. The fourth-order valence-corrected chi connectivity index (χ4v) is 2.80. The van der Waals surface area contributed by atoms with Gasteiger partial charge in [-0.1, -0.05) is 12.1 Å². The van der Waals surface area contributed by atoms with Crippen LogP contribution in [0.2, 0.25) is 0 Å². The zero-order chi connectivity index (χ0) is 18.5. The van der Waals surface area contributed by atoms with Gasteiger partial charge in [-0.3, -0.25) is 9.89 Å². The molecule has 2 N–H and O–H groups in total. The number of hydrogen-bond donors (Lipinski definition) is 2. The summed E-state index contributed by atoms with van der Waals surface area (Å²) in [5, 5.41) is 9.65. The first-order chi connectivity index (χ1) is 12.6. The number of halogens is 1. The van der Waals surface area contributed by atoms with Crippen LogP contribution in [0.3, 0.4) is 0 Å². The molecule has 1 heterocycles. The minimum atomic E-state index is -0.268. The summed E-state index contributed by atoms with van der Waals surface area (Å²) in [6.45, 7) is 1.92. The van der Waals surface area contributed by atoms with Crippen LogP contribution in [0.1, 0.15) is 22.8 Å². The van der Waals surface area contributed by atoms with Crippen LogP contribution in [0.25, 0.3) is 11.1 Å². The number of H-pyrrole nitrogens is 1. The molecule has 6 heteroatoms. The van der Waals surface area contributed by atoms with Gasteiger partial charge in [0.2, 0.25) is 0 Å². The topological polar surface area (TPSA) is 67.0 Å². The Balaban J connectivity index is 1.70. The van der Waals surface area contributed by atoms with E-state index in [-0.39, 0.29) is 17.8 Å². The third-order valence-electron chi connectivity index (χ3n) is 4.11. The van der Waals surface area contributed by atoms with E-state index >= 15 is 0 Å². The van der Waals surface area contributed by atoms with E-state index in [9.17, 15) is 9.18 Å². The Morgan fingerprint density at radius 1 is 1.27 bits per heavy atom. The van der Waals surface area contributed by atoms with Crippen molar-refractivity contribution in [2.75, 3.05) is 7.11 Å². The van der Waals surface area contributed by atoms with Crippen LogP contribution in [0.4, 0.5) is 4.39 Å². The Bertz CT molecular complexity index is 877. The molecular formula is C20H20FN3O2. The van der Waals surface area contributed by atoms with E-state index in [0.29, 0.717) is 17.7 Å². The van der Waals surface area contributed by atoms with Crippen LogP contribution in [0, 0.1) is 5.82 Å². The summed E-state index contributed by atoms with van der Waals surface area (Å²) >= 11 is 0. The Hall–Kier alpha value is -3.15. The second-order valence-corrected chi connectivity index (χ2v) is 6.11. The van der Waals surface area contributed by atoms with Crippen LogP contribution >= 0.6 is 0 Å². The summed E-state index contributed by atoms with van der Waals surface area (Å²) in [5.74, 6) is 0.150. The molecule has 1 aromatic heterocycles. The maximum atomic E-state index is 13.0. The molecule has 0 aliphatic rings. The number of nitrogens with one attached hydrogen (secondary N) is 2. The number of amides is 1. The summed E-state index contributed by atoms with van der Waals surface area (Å²) in [6.07, 6.45) is 4.08. The minimum absolute atomic E-state index is 0.0903. The van der Waals surface area contributed by atoms with E-state index in [1.807, 2.05) is 13.0 Å². The molecule has 1 amide bonds. The molecule has 0 saturated carbocycles. The molecule has 0 spiro atoms. The smallest absolute Gasteiger partial charge is 0.251 e. The number of carbonyl (C=O) groups is 1. The first-order valence-electron chi connectivity index (χ1n) is 8.29. The van der Waals surface area contributed by atoms with Gasteiger partial charge in [0.05, 0.1) is 13.3 Å². The van der Waals surface area contributed by atoms with E-state index < -0.39 is 0 Å². The zero-order valence-corrected chi connectivity index (χ0v) is 14.6. The van der Waals surface area contributed by atoms with Crippen LogP contribution in [0.5, 0.6) is 5.75 Å². The number of aromatic amines is 1. The van der Waals surface area contributed by atoms with Gasteiger partial charge in [-0.2, -0.15) is 5.10 Å². The third-order valence-corrected chi connectivity index (χ3v) is 4.11. The average Bonchev–Trinajstić information content (AvgIpc) is 3.17. The second kappa shape index (κ2) is 7.82. The lowest BCUT2D eigenvalue weighted by molar-refractivity contribution is 0.0940. The Morgan fingerprint density at radius 3 is 2.69 bits per heavy atom. The molecule has 0 fully saturated rings. The van der Waals surface area contributed by atoms with Crippen molar-refractivity contribution in [2.45, 2.75) is 19.4 Å². The molecule has 1 unspecified atom stereocenters. The number of ether oxygens (including phenoxy) is 1. The monoisotopic (exact) mass is 353 g/mol. The van der Waals surface area contributed by atoms with Crippen molar-refractivity contribution in [1.29, 1.82) is 0 Å². The summed E-state index contributed by atoms with van der Waals surface area (Å²) in [6, 6.07) is 11.5. The molecule has 0 aliphatic heterocycles. The molecule has 3 rings (SSSR count). The van der Waals surface area contributed by atoms with Crippen molar-refractivity contribution < 1.29 is 13.9 Å². The largest absolute Gasteiger partial charge is 0.496 e. The Kier molecular flexibility index (Phi) is 5.31. The number of rotatable bonds is 6. The van der Waals surface area contributed by atoms with Gasteiger partial charge in [0.1, 0.15) is 11.6 Å². The van der Waals surface area contributed by atoms with E-state index in [1.165, 1.54) is 12.1 Å². The highest BCUT2D eigenvalue weighted by molar-refractivity contribution is 5.95. The second-order valence-electron chi connectivity index (χ2n) is 6.11. The van der Waals surface area contributed by atoms with Gasteiger partial charge in [0.15, 0.2) is 0 Å². The number of hydrogen-bond acceptors (Lipinski definition) is 3. The molecule has 0 aliphatic carbocycles. The van der Waals surface area contributed by atoms with Gasteiger partial charge in [-0.25, -0.2) is 4.39 Å². The SMILES string of the molecule is COc1cc(C(=O)NC(C)Cc2ccc(F)cc2)ccc1-c1cn[nH]c1. The summed E-state index contributed by atoms with van der Waals surface area (Å²) in [7, 11) is 1.57. The van der Waals surface area contributed by atoms with Gasteiger partial charge in [0.25, 0.3) is 5.91 Å². The first-order valence-corrected chi connectivity index (χ1v) is 8.29. The molecule has 134 valence electrons. The van der Waals surface area contributed by atoms with Crippen molar-refractivity contribution in [1.82, 2.24) is 15.5 Å². The quantitative estimate of drug-likeness (QED) is 0.712. The molecule has 1 atom stereocenters. The predicted octanol–water partition coefficient (Wildman–Crippen LogP) is 3.59. The van der Waals surface area contributed by atoms with E-state index in [1.54, 1.807) is 43.8 Å².